The minimum atomic E-state index is -0.637. The van der Waals surface area contributed by atoms with Crippen molar-refractivity contribution in [2.75, 3.05) is 26.2 Å². The third kappa shape index (κ3) is 4.68. The summed E-state index contributed by atoms with van der Waals surface area (Å²) in [5.41, 5.74) is 2.12. The zero-order chi connectivity index (χ0) is 24.6. The molecule has 1 saturated carbocycles. The van der Waals surface area contributed by atoms with Crippen LogP contribution in [0.3, 0.4) is 0 Å². The van der Waals surface area contributed by atoms with Crippen molar-refractivity contribution in [2.45, 2.75) is 70.3 Å². The highest BCUT2D eigenvalue weighted by atomic mass is 16.5. The Morgan fingerprint density at radius 2 is 1.97 bits per heavy atom. The fourth-order valence-electron chi connectivity index (χ4n) is 6.06. The number of rotatable bonds is 5. The van der Waals surface area contributed by atoms with E-state index in [1.807, 2.05) is 19.1 Å². The lowest BCUT2D eigenvalue weighted by molar-refractivity contribution is -0.143. The second kappa shape index (κ2) is 9.64. The van der Waals surface area contributed by atoms with E-state index in [-0.39, 0.29) is 30.6 Å². The lowest BCUT2D eigenvalue weighted by atomic mass is 9.71. The van der Waals surface area contributed by atoms with Crippen LogP contribution in [-0.4, -0.2) is 53.7 Å². The van der Waals surface area contributed by atoms with Crippen LogP contribution in [0.4, 0.5) is 0 Å². The fourth-order valence-corrected chi connectivity index (χ4v) is 6.06. The van der Waals surface area contributed by atoms with Crippen LogP contribution >= 0.6 is 0 Å². The summed E-state index contributed by atoms with van der Waals surface area (Å²) in [6.07, 6.45) is 8.16. The minimum Gasteiger partial charge on any atom is -0.483 e. The van der Waals surface area contributed by atoms with Gasteiger partial charge in [0.2, 0.25) is 5.91 Å². The van der Waals surface area contributed by atoms with Crippen LogP contribution in [0, 0.1) is 12.8 Å². The van der Waals surface area contributed by atoms with Crippen molar-refractivity contribution in [1.82, 2.24) is 10.2 Å². The van der Waals surface area contributed by atoms with Crippen molar-refractivity contribution in [2.24, 2.45) is 5.92 Å². The summed E-state index contributed by atoms with van der Waals surface area (Å²) in [7, 11) is 0. The van der Waals surface area contributed by atoms with Gasteiger partial charge in [0.1, 0.15) is 11.3 Å². The number of nitrogens with one attached hydrogen (secondary N) is 1. The molecule has 35 heavy (non-hydrogen) atoms. The smallest absolute Gasteiger partial charge is 0.339 e. The van der Waals surface area contributed by atoms with Crippen molar-refractivity contribution < 1.29 is 23.8 Å². The van der Waals surface area contributed by atoms with E-state index in [4.69, 9.17) is 9.15 Å². The summed E-state index contributed by atoms with van der Waals surface area (Å²) in [6, 6.07) is 3.71. The number of hydrogen-bond donors (Lipinski definition) is 2. The Balaban J connectivity index is 1.17. The first-order valence-corrected chi connectivity index (χ1v) is 12.8. The van der Waals surface area contributed by atoms with Crippen molar-refractivity contribution in [3.05, 3.63) is 39.2 Å². The zero-order valence-electron chi connectivity index (χ0n) is 20.4. The second-order valence-corrected chi connectivity index (χ2v) is 10.3. The summed E-state index contributed by atoms with van der Waals surface area (Å²) in [5, 5.41) is 14.4. The molecule has 8 heteroatoms. The van der Waals surface area contributed by atoms with Crippen LogP contribution in [0.25, 0.3) is 11.0 Å². The van der Waals surface area contributed by atoms with Gasteiger partial charge in [-0.2, -0.15) is 0 Å². The number of carbonyl (C=O) groups excluding carboxylic acids is 2. The molecule has 1 aromatic heterocycles. The Labute approximate surface area is 204 Å². The Kier molecular flexibility index (Phi) is 6.57. The maximum absolute atomic E-state index is 12.7. The molecular formula is C27H34N2O6. The number of aryl methyl sites for hydroxylation is 2. The fraction of sp³-hybridized carbons (Fsp3) is 0.593. The molecule has 1 saturated heterocycles. The molecule has 0 radical (unpaired) electrons. The van der Waals surface area contributed by atoms with Gasteiger partial charge in [-0.1, -0.05) is 12.8 Å². The van der Waals surface area contributed by atoms with E-state index in [9.17, 15) is 19.5 Å². The van der Waals surface area contributed by atoms with Gasteiger partial charge in [0.15, 0.2) is 6.61 Å². The number of benzene rings is 1. The van der Waals surface area contributed by atoms with Gasteiger partial charge in [-0.15, -0.1) is 0 Å². The average molecular weight is 483 g/mol. The first kappa shape index (κ1) is 23.9. The molecule has 0 bridgehead atoms. The molecule has 2 fully saturated rings. The van der Waals surface area contributed by atoms with E-state index in [0.29, 0.717) is 36.4 Å². The molecule has 0 spiro atoms. The number of carbonyl (C=O) groups is 2. The van der Waals surface area contributed by atoms with Gasteiger partial charge in [-0.05, 0) is 69.6 Å². The molecule has 2 N–H and O–H groups in total. The molecule has 1 aliphatic heterocycles. The van der Waals surface area contributed by atoms with Crippen molar-refractivity contribution in [1.29, 1.82) is 0 Å². The highest BCUT2D eigenvalue weighted by Crippen LogP contribution is 2.39. The number of amides is 2. The molecule has 2 amide bonds. The number of likely N-dealkylation sites (tertiary alicyclic amines) is 1. The van der Waals surface area contributed by atoms with Crippen LogP contribution in [0.1, 0.15) is 61.6 Å². The number of nitrogens with zero attached hydrogens (tertiary/aromatic N) is 1. The van der Waals surface area contributed by atoms with E-state index in [2.05, 4.69) is 5.32 Å². The first-order valence-electron chi connectivity index (χ1n) is 12.8. The monoisotopic (exact) mass is 482 g/mol. The van der Waals surface area contributed by atoms with Crippen molar-refractivity contribution in [3.8, 4) is 5.75 Å². The third-order valence-electron chi connectivity index (χ3n) is 8.17. The molecule has 188 valence electrons. The van der Waals surface area contributed by atoms with E-state index in [0.717, 1.165) is 67.9 Å². The molecule has 5 rings (SSSR count). The minimum absolute atomic E-state index is 0.0922. The molecular weight excluding hydrogens is 448 g/mol. The largest absolute Gasteiger partial charge is 0.483 e. The lowest BCUT2D eigenvalue weighted by Gasteiger charge is -2.47. The Bertz CT molecular complexity index is 1200. The summed E-state index contributed by atoms with van der Waals surface area (Å²) >= 11 is 0. The summed E-state index contributed by atoms with van der Waals surface area (Å²) in [5.74, 6) is 0.0651. The van der Waals surface area contributed by atoms with Gasteiger partial charge >= 0.3 is 5.63 Å². The SMILES string of the molecule is Cc1c(OCC(=O)NCC(=O)N2CCC3(O)CCCCC3C2)ccc2c3c(c(=O)oc12)CCCC3. The topological polar surface area (TPSA) is 109 Å². The van der Waals surface area contributed by atoms with Gasteiger partial charge < -0.3 is 24.5 Å². The van der Waals surface area contributed by atoms with Gasteiger partial charge in [-0.25, -0.2) is 4.79 Å². The van der Waals surface area contributed by atoms with Crippen LogP contribution in [0.15, 0.2) is 21.3 Å². The number of piperidine rings is 1. The standard InChI is InChI=1S/C27H34N2O6/c1-17-22(10-9-20-19-7-2-3-8-21(19)26(32)35-25(17)20)34-16-23(30)28-14-24(31)29-13-12-27(33)11-5-4-6-18(27)15-29/h9-10,18,33H,2-8,11-16H2,1H3,(H,28,30). The zero-order valence-corrected chi connectivity index (χ0v) is 20.4. The van der Waals surface area contributed by atoms with E-state index >= 15 is 0 Å². The highest BCUT2D eigenvalue weighted by Gasteiger charge is 2.43. The molecule has 2 atom stereocenters. The third-order valence-corrected chi connectivity index (χ3v) is 8.17. The normalized spacial score (nSPS) is 23.9. The van der Waals surface area contributed by atoms with E-state index in [1.165, 1.54) is 0 Å². The summed E-state index contributed by atoms with van der Waals surface area (Å²) < 4.78 is 11.3. The quantitative estimate of drug-likeness (QED) is 0.634. The van der Waals surface area contributed by atoms with E-state index < -0.39 is 11.5 Å². The number of ether oxygens (including phenoxy) is 1. The van der Waals surface area contributed by atoms with Gasteiger partial charge in [0.05, 0.1) is 12.1 Å². The first-order chi connectivity index (χ1) is 16.9. The molecule has 2 heterocycles. The lowest BCUT2D eigenvalue weighted by Crippen LogP contribution is -2.56. The number of hydrogen-bond acceptors (Lipinski definition) is 6. The van der Waals surface area contributed by atoms with Crippen LogP contribution < -0.4 is 15.7 Å². The Hall–Kier alpha value is -2.87. The van der Waals surface area contributed by atoms with Gasteiger partial charge in [-0.3, -0.25) is 9.59 Å². The van der Waals surface area contributed by atoms with E-state index in [1.54, 1.807) is 4.90 Å². The van der Waals surface area contributed by atoms with Crippen molar-refractivity contribution in [3.63, 3.8) is 0 Å². The molecule has 2 aliphatic carbocycles. The van der Waals surface area contributed by atoms with Crippen LogP contribution in [0.2, 0.25) is 0 Å². The maximum atomic E-state index is 12.7. The average Bonchev–Trinajstić information content (AvgIpc) is 2.87. The molecule has 2 unspecified atom stereocenters. The molecule has 2 aromatic rings. The number of aliphatic hydroxyl groups is 1. The Morgan fingerprint density at radius 3 is 2.80 bits per heavy atom. The van der Waals surface area contributed by atoms with Gasteiger partial charge in [0.25, 0.3) is 5.91 Å². The molecule has 3 aliphatic rings. The maximum Gasteiger partial charge on any atom is 0.339 e. The van der Waals surface area contributed by atoms with Gasteiger partial charge in [0, 0.05) is 35.5 Å². The predicted octanol–water partition coefficient (Wildman–Crippen LogP) is 2.63. The van der Waals surface area contributed by atoms with Crippen LogP contribution in [0.5, 0.6) is 5.75 Å². The molecule has 1 aromatic carbocycles. The molecule has 8 nitrogen and oxygen atoms in total. The Morgan fingerprint density at radius 1 is 1.17 bits per heavy atom. The predicted molar refractivity (Wildman–Crippen MR) is 130 cm³/mol. The second-order valence-electron chi connectivity index (χ2n) is 10.3. The highest BCUT2D eigenvalue weighted by molar-refractivity contribution is 5.87. The summed E-state index contributed by atoms with van der Waals surface area (Å²) in [6.45, 7) is 2.55. The van der Waals surface area contributed by atoms with Crippen molar-refractivity contribution >= 4 is 22.8 Å². The van der Waals surface area contributed by atoms with Crippen LogP contribution in [-0.2, 0) is 22.4 Å². The number of fused-ring (bicyclic) bond motifs is 4. The summed E-state index contributed by atoms with van der Waals surface area (Å²) in [4.78, 5) is 39.2.